The third kappa shape index (κ3) is 5.88. The fraction of sp³-hybridized carbons (Fsp3) is 0.406. The number of nitrogens with zero attached hydrogens (tertiary/aromatic N) is 1. The van der Waals surface area contributed by atoms with Crippen molar-refractivity contribution in [3.05, 3.63) is 101 Å². The number of benzene rings is 3. The van der Waals surface area contributed by atoms with Crippen LogP contribution in [0, 0.1) is 12.8 Å². The van der Waals surface area contributed by atoms with E-state index < -0.39 is 5.60 Å². The molecule has 36 heavy (non-hydrogen) atoms. The number of hydrogen-bond acceptors (Lipinski definition) is 4. The lowest BCUT2D eigenvalue weighted by Crippen LogP contribution is -2.47. The molecule has 0 radical (unpaired) electrons. The van der Waals surface area contributed by atoms with E-state index in [1.54, 1.807) is 0 Å². The molecular weight excluding hydrogens is 446 g/mol. The van der Waals surface area contributed by atoms with Crippen LogP contribution in [0.25, 0.3) is 0 Å². The molecule has 1 heterocycles. The fourth-order valence-electron chi connectivity index (χ4n) is 5.86. The molecule has 2 unspecified atom stereocenters. The second-order valence-electron chi connectivity index (χ2n) is 10.8. The van der Waals surface area contributed by atoms with Crippen LogP contribution in [0.5, 0.6) is 5.75 Å². The maximum absolute atomic E-state index is 12.2. The van der Waals surface area contributed by atoms with Gasteiger partial charge in [-0.1, -0.05) is 66.2 Å². The van der Waals surface area contributed by atoms with Crippen molar-refractivity contribution in [2.75, 3.05) is 19.6 Å². The smallest absolute Gasteiger partial charge is 0.127 e. The quantitative estimate of drug-likeness (QED) is 0.431. The van der Waals surface area contributed by atoms with Crippen molar-refractivity contribution >= 4 is 6.29 Å². The van der Waals surface area contributed by atoms with Gasteiger partial charge in [-0.05, 0) is 72.9 Å². The summed E-state index contributed by atoms with van der Waals surface area (Å²) < 4.78 is 6.02. The van der Waals surface area contributed by atoms with E-state index in [2.05, 4.69) is 60.4 Å². The summed E-state index contributed by atoms with van der Waals surface area (Å²) in [6, 6.07) is 24.9. The number of aliphatic hydroxyl groups is 1. The van der Waals surface area contributed by atoms with Crippen LogP contribution in [-0.2, 0) is 24.2 Å². The predicted molar refractivity (Wildman–Crippen MR) is 143 cm³/mol. The van der Waals surface area contributed by atoms with Gasteiger partial charge in [0.15, 0.2) is 0 Å². The number of carbonyl (C=O) groups is 1. The van der Waals surface area contributed by atoms with E-state index in [9.17, 15) is 9.90 Å². The molecule has 0 bridgehead atoms. The van der Waals surface area contributed by atoms with E-state index in [1.165, 1.54) is 16.7 Å². The van der Waals surface area contributed by atoms with Crippen LogP contribution in [0.15, 0.2) is 72.8 Å². The average Bonchev–Trinajstić information content (AvgIpc) is 2.90. The first-order valence-corrected chi connectivity index (χ1v) is 13.3. The topological polar surface area (TPSA) is 49.8 Å². The molecule has 0 amide bonds. The molecular formula is C32H37NO3. The molecule has 4 heteroatoms. The molecule has 188 valence electrons. The number of rotatable bonds is 8. The Bertz CT molecular complexity index is 1150. The number of fused-ring (bicyclic) bond motifs is 1. The summed E-state index contributed by atoms with van der Waals surface area (Å²) in [7, 11) is 0. The molecule has 1 N–H and O–H groups in total. The zero-order chi connectivity index (χ0) is 25.0. The van der Waals surface area contributed by atoms with Gasteiger partial charge in [-0.15, -0.1) is 0 Å². The lowest BCUT2D eigenvalue weighted by Gasteiger charge is -2.41. The zero-order valence-corrected chi connectivity index (χ0v) is 21.2. The number of piperidine rings is 1. The van der Waals surface area contributed by atoms with E-state index in [1.807, 2.05) is 24.3 Å². The van der Waals surface area contributed by atoms with Gasteiger partial charge in [-0.2, -0.15) is 0 Å². The van der Waals surface area contributed by atoms with Crippen molar-refractivity contribution in [2.45, 2.75) is 57.2 Å². The highest BCUT2D eigenvalue weighted by atomic mass is 16.5. The van der Waals surface area contributed by atoms with Crippen LogP contribution in [0.2, 0.25) is 0 Å². The third-order valence-electron chi connectivity index (χ3n) is 8.09. The Kier molecular flexibility index (Phi) is 7.54. The Balaban J connectivity index is 1.17. The predicted octanol–water partition coefficient (Wildman–Crippen LogP) is 5.49. The van der Waals surface area contributed by atoms with Gasteiger partial charge in [-0.25, -0.2) is 0 Å². The van der Waals surface area contributed by atoms with E-state index in [-0.39, 0.29) is 5.92 Å². The van der Waals surface area contributed by atoms with Crippen molar-refractivity contribution < 1.29 is 14.6 Å². The molecule has 2 aliphatic rings. The second-order valence-corrected chi connectivity index (χ2v) is 10.8. The number of hydrogen-bond donors (Lipinski definition) is 1. The van der Waals surface area contributed by atoms with Crippen LogP contribution >= 0.6 is 0 Å². The summed E-state index contributed by atoms with van der Waals surface area (Å²) >= 11 is 0. The maximum atomic E-state index is 12.2. The van der Waals surface area contributed by atoms with Gasteiger partial charge in [0.1, 0.15) is 18.6 Å². The van der Waals surface area contributed by atoms with Gasteiger partial charge < -0.3 is 19.5 Å². The number of carbonyl (C=O) groups excluding carboxylic acids is 1. The van der Waals surface area contributed by atoms with Gasteiger partial charge >= 0.3 is 0 Å². The first-order valence-electron chi connectivity index (χ1n) is 13.3. The van der Waals surface area contributed by atoms with E-state index in [4.69, 9.17) is 4.74 Å². The SMILES string of the molecule is Cc1ccc(CC2(O)CCN(CC3CCc4cc(OCc5ccccc5)ccc4C3C=O)CC2)cc1. The summed E-state index contributed by atoms with van der Waals surface area (Å²) in [4.78, 5) is 14.7. The molecule has 2 atom stereocenters. The summed E-state index contributed by atoms with van der Waals surface area (Å²) in [6.45, 7) is 5.30. The molecule has 0 saturated carbocycles. The molecule has 0 aromatic heterocycles. The first kappa shape index (κ1) is 24.7. The van der Waals surface area contributed by atoms with Gasteiger partial charge in [0.25, 0.3) is 0 Å². The minimum Gasteiger partial charge on any atom is -0.489 e. The molecule has 1 saturated heterocycles. The Labute approximate surface area is 214 Å². The monoisotopic (exact) mass is 483 g/mol. The molecule has 5 rings (SSSR count). The molecule has 3 aromatic rings. The number of aldehydes is 1. The van der Waals surface area contributed by atoms with Crippen LogP contribution in [0.4, 0.5) is 0 Å². The Morgan fingerprint density at radius 2 is 1.75 bits per heavy atom. The standard InChI is InChI=1S/C32H37NO3/c1-24-7-9-25(10-8-24)20-32(35)15-17-33(18-16-32)21-28-12-11-27-19-29(13-14-30(27)31(28)22-34)36-23-26-5-3-2-4-6-26/h2-10,13-14,19,22,28,31,35H,11-12,15-18,20-21,23H2,1H3. The lowest BCUT2D eigenvalue weighted by molar-refractivity contribution is -0.110. The summed E-state index contributed by atoms with van der Waals surface area (Å²) in [5.41, 5.74) is 5.35. The lowest BCUT2D eigenvalue weighted by atomic mass is 9.75. The van der Waals surface area contributed by atoms with E-state index in [0.29, 0.717) is 18.9 Å². The number of aryl methyl sites for hydroxylation is 2. The van der Waals surface area contributed by atoms with Crippen LogP contribution < -0.4 is 4.74 Å². The summed E-state index contributed by atoms with van der Waals surface area (Å²) in [6.07, 6.45) is 5.38. The van der Waals surface area contributed by atoms with E-state index in [0.717, 1.165) is 68.5 Å². The molecule has 1 aliphatic carbocycles. The largest absolute Gasteiger partial charge is 0.489 e. The van der Waals surface area contributed by atoms with Gasteiger partial charge in [-0.3, -0.25) is 0 Å². The van der Waals surface area contributed by atoms with Crippen molar-refractivity contribution in [3.63, 3.8) is 0 Å². The zero-order valence-electron chi connectivity index (χ0n) is 21.2. The third-order valence-corrected chi connectivity index (χ3v) is 8.09. The van der Waals surface area contributed by atoms with Crippen LogP contribution in [-0.4, -0.2) is 41.5 Å². The van der Waals surface area contributed by atoms with Crippen molar-refractivity contribution in [1.82, 2.24) is 4.90 Å². The molecule has 1 fully saturated rings. The maximum Gasteiger partial charge on any atom is 0.127 e. The number of ether oxygens (including phenoxy) is 1. The molecule has 4 nitrogen and oxygen atoms in total. The highest BCUT2D eigenvalue weighted by molar-refractivity contribution is 5.65. The average molecular weight is 484 g/mol. The normalized spacial score (nSPS) is 21.5. The molecule has 3 aromatic carbocycles. The first-order chi connectivity index (χ1) is 17.5. The fourth-order valence-corrected chi connectivity index (χ4v) is 5.86. The van der Waals surface area contributed by atoms with Crippen LogP contribution in [0.1, 0.15) is 53.0 Å². The van der Waals surface area contributed by atoms with Gasteiger partial charge in [0.05, 0.1) is 5.60 Å². The molecule has 1 aliphatic heterocycles. The Morgan fingerprint density at radius 1 is 1.00 bits per heavy atom. The van der Waals surface area contributed by atoms with Crippen molar-refractivity contribution in [3.8, 4) is 5.75 Å². The van der Waals surface area contributed by atoms with Crippen molar-refractivity contribution in [1.29, 1.82) is 0 Å². The summed E-state index contributed by atoms with van der Waals surface area (Å²) in [5, 5.41) is 11.2. The van der Waals surface area contributed by atoms with Gasteiger partial charge in [0, 0.05) is 32.0 Å². The minimum atomic E-state index is -0.634. The van der Waals surface area contributed by atoms with Gasteiger partial charge in [0.2, 0.25) is 0 Å². The van der Waals surface area contributed by atoms with E-state index >= 15 is 0 Å². The summed E-state index contributed by atoms with van der Waals surface area (Å²) in [5.74, 6) is 1.10. The highest BCUT2D eigenvalue weighted by Crippen LogP contribution is 2.38. The van der Waals surface area contributed by atoms with Crippen molar-refractivity contribution in [2.24, 2.45) is 5.92 Å². The minimum absolute atomic E-state index is 0.0784. The highest BCUT2D eigenvalue weighted by Gasteiger charge is 2.36. The Hall–Kier alpha value is -2.95. The Morgan fingerprint density at radius 3 is 2.47 bits per heavy atom. The second kappa shape index (κ2) is 11.0. The van der Waals surface area contributed by atoms with Crippen LogP contribution in [0.3, 0.4) is 0 Å². The molecule has 0 spiro atoms. The number of likely N-dealkylation sites (tertiary alicyclic amines) is 1.